The molecular formula is C24H22FN3O4S2. The van der Waals surface area contributed by atoms with Crippen molar-refractivity contribution >= 4 is 32.7 Å². The number of aryl methyl sites for hydroxylation is 1. The molecule has 2 N–H and O–H groups in total. The summed E-state index contributed by atoms with van der Waals surface area (Å²) in [6.07, 6.45) is 0.504. The van der Waals surface area contributed by atoms with Gasteiger partial charge in [0.05, 0.1) is 22.4 Å². The van der Waals surface area contributed by atoms with Crippen molar-refractivity contribution in [3.63, 3.8) is 0 Å². The Morgan fingerprint density at radius 1 is 1.00 bits per heavy atom. The van der Waals surface area contributed by atoms with Crippen LogP contribution in [0.1, 0.15) is 5.56 Å². The number of ether oxygens (including phenoxy) is 1. The van der Waals surface area contributed by atoms with Crippen molar-refractivity contribution in [3.8, 4) is 5.75 Å². The summed E-state index contributed by atoms with van der Waals surface area (Å²) in [5.74, 6) is 0.768. The number of aromatic nitrogens is 2. The largest absolute Gasteiger partial charge is 0.493 e. The molecule has 10 heteroatoms. The molecule has 0 atom stereocenters. The van der Waals surface area contributed by atoms with Gasteiger partial charge in [0, 0.05) is 12.3 Å². The number of primary sulfonamides is 1. The highest BCUT2D eigenvalue weighted by atomic mass is 32.2. The lowest BCUT2D eigenvalue weighted by molar-refractivity contribution is 0.343. The van der Waals surface area contributed by atoms with Crippen LogP contribution in [0.5, 0.6) is 5.75 Å². The fraction of sp³-hybridized carbons (Fsp3) is 0.167. The predicted octanol–water partition coefficient (Wildman–Crippen LogP) is 3.60. The second-order valence-electron chi connectivity index (χ2n) is 7.46. The van der Waals surface area contributed by atoms with E-state index < -0.39 is 10.0 Å². The van der Waals surface area contributed by atoms with Crippen LogP contribution in [-0.2, 0) is 23.0 Å². The number of para-hydroxylation sites is 1. The van der Waals surface area contributed by atoms with Crippen molar-refractivity contribution in [3.05, 3.63) is 94.5 Å². The molecule has 0 unspecified atom stereocenters. The summed E-state index contributed by atoms with van der Waals surface area (Å²) in [5.41, 5.74) is 1.33. The molecule has 4 aromatic rings. The Kier molecular flexibility index (Phi) is 7.30. The van der Waals surface area contributed by atoms with Crippen LogP contribution >= 0.6 is 11.8 Å². The van der Waals surface area contributed by atoms with E-state index in [2.05, 4.69) is 4.98 Å². The van der Waals surface area contributed by atoms with Gasteiger partial charge in [0.25, 0.3) is 5.56 Å². The van der Waals surface area contributed by atoms with Gasteiger partial charge in [-0.2, -0.15) is 0 Å². The molecule has 0 amide bonds. The normalized spacial score (nSPS) is 11.6. The Bertz CT molecular complexity index is 1450. The first kappa shape index (κ1) is 23.9. The summed E-state index contributed by atoms with van der Waals surface area (Å²) in [4.78, 5) is 17.9. The second-order valence-corrected chi connectivity index (χ2v) is 10.1. The maximum absolute atomic E-state index is 13.2. The van der Waals surface area contributed by atoms with E-state index >= 15 is 0 Å². The summed E-state index contributed by atoms with van der Waals surface area (Å²) >= 11 is 1.40. The van der Waals surface area contributed by atoms with Crippen LogP contribution in [0.4, 0.5) is 4.39 Å². The van der Waals surface area contributed by atoms with Crippen LogP contribution in [0.25, 0.3) is 10.9 Å². The number of nitrogens with two attached hydrogens (primary N) is 1. The maximum Gasteiger partial charge on any atom is 0.262 e. The van der Waals surface area contributed by atoms with Gasteiger partial charge in [-0.15, -0.1) is 0 Å². The molecule has 0 aliphatic carbocycles. The lowest BCUT2D eigenvalue weighted by Gasteiger charge is -2.14. The highest BCUT2D eigenvalue weighted by Crippen LogP contribution is 2.19. The van der Waals surface area contributed by atoms with Gasteiger partial charge in [0.2, 0.25) is 10.0 Å². The number of nitrogens with zero attached hydrogens (tertiary/aromatic N) is 2. The number of sulfonamides is 1. The number of thioether (sulfide) groups is 1. The molecular weight excluding hydrogens is 477 g/mol. The number of fused-ring (bicyclic) bond motifs is 1. The smallest absolute Gasteiger partial charge is 0.262 e. The Morgan fingerprint density at radius 3 is 2.41 bits per heavy atom. The van der Waals surface area contributed by atoms with Gasteiger partial charge in [0.1, 0.15) is 11.6 Å². The zero-order chi connectivity index (χ0) is 24.1. The van der Waals surface area contributed by atoms with E-state index in [1.165, 1.54) is 36.0 Å². The van der Waals surface area contributed by atoms with Crippen LogP contribution in [0.2, 0.25) is 0 Å². The van der Waals surface area contributed by atoms with Crippen LogP contribution in [0, 0.1) is 5.82 Å². The molecule has 0 spiro atoms. The number of halogens is 1. The lowest BCUT2D eigenvalue weighted by Crippen LogP contribution is -2.24. The predicted molar refractivity (Wildman–Crippen MR) is 130 cm³/mol. The van der Waals surface area contributed by atoms with E-state index in [0.717, 1.165) is 5.56 Å². The average Bonchev–Trinajstić information content (AvgIpc) is 2.82. The molecule has 0 aliphatic heterocycles. The van der Waals surface area contributed by atoms with Gasteiger partial charge in [0.15, 0.2) is 5.16 Å². The van der Waals surface area contributed by atoms with Gasteiger partial charge >= 0.3 is 0 Å². The van der Waals surface area contributed by atoms with Crippen molar-refractivity contribution < 1.29 is 17.5 Å². The standard InChI is InChI=1S/C24H22FN3O4S2/c25-18-7-9-19(10-8-18)32-15-16-33-24-27-22-4-2-1-3-21(22)23(29)28(24)14-13-17-5-11-20(12-6-17)34(26,30)31/h1-12H,13-16H2,(H2,26,30,31). The highest BCUT2D eigenvalue weighted by Gasteiger charge is 2.12. The van der Waals surface area contributed by atoms with Crippen LogP contribution in [0.15, 0.2) is 87.6 Å². The average molecular weight is 500 g/mol. The molecule has 0 aliphatic rings. The topological polar surface area (TPSA) is 104 Å². The van der Waals surface area contributed by atoms with Crippen molar-refractivity contribution in [2.75, 3.05) is 12.4 Å². The fourth-order valence-electron chi connectivity index (χ4n) is 3.37. The molecule has 0 saturated carbocycles. The molecule has 0 saturated heterocycles. The van der Waals surface area contributed by atoms with E-state index in [9.17, 15) is 17.6 Å². The van der Waals surface area contributed by atoms with Gasteiger partial charge in [-0.1, -0.05) is 36.0 Å². The lowest BCUT2D eigenvalue weighted by atomic mass is 10.1. The Morgan fingerprint density at radius 2 is 1.71 bits per heavy atom. The Balaban J connectivity index is 1.51. The summed E-state index contributed by atoms with van der Waals surface area (Å²) in [6.45, 7) is 0.723. The SMILES string of the molecule is NS(=O)(=O)c1ccc(CCn2c(SCCOc3ccc(F)cc3)nc3ccccc3c2=O)cc1. The summed E-state index contributed by atoms with van der Waals surface area (Å²) in [5, 5.41) is 6.24. The highest BCUT2D eigenvalue weighted by molar-refractivity contribution is 7.99. The zero-order valence-corrected chi connectivity index (χ0v) is 19.7. The van der Waals surface area contributed by atoms with Crippen molar-refractivity contribution in [1.82, 2.24) is 9.55 Å². The van der Waals surface area contributed by atoms with Crippen molar-refractivity contribution in [2.45, 2.75) is 23.0 Å². The minimum absolute atomic E-state index is 0.0400. The first-order chi connectivity index (χ1) is 16.3. The van der Waals surface area contributed by atoms with E-state index in [-0.39, 0.29) is 16.3 Å². The zero-order valence-electron chi connectivity index (χ0n) is 18.1. The summed E-state index contributed by atoms with van der Waals surface area (Å²) in [7, 11) is -3.76. The van der Waals surface area contributed by atoms with Crippen molar-refractivity contribution in [2.24, 2.45) is 5.14 Å². The molecule has 176 valence electrons. The van der Waals surface area contributed by atoms with Crippen molar-refractivity contribution in [1.29, 1.82) is 0 Å². The minimum Gasteiger partial charge on any atom is -0.493 e. The first-order valence-electron chi connectivity index (χ1n) is 10.4. The van der Waals surface area contributed by atoms with E-state index in [4.69, 9.17) is 9.88 Å². The van der Waals surface area contributed by atoms with Gasteiger partial charge < -0.3 is 4.74 Å². The molecule has 0 fully saturated rings. The Labute approximate surface area is 200 Å². The molecule has 3 aromatic carbocycles. The molecule has 7 nitrogen and oxygen atoms in total. The molecule has 0 bridgehead atoms. The number of hydrogen-bond donors (Lipinski definition) is 1. The second kappa shape index (κ2) is 10.4. The number of rotatable bonds is 9. The quantitative estimate of drug-likeness (QED) is 0.214. The molecule has 0 radical (unpaired) electrons. The van der Waals surface area contributed by atoms with Gasteiger partial charge in [-0.3, -0.25) is 9.36 Å². The third-order valence-corrected chi connectivity index (χ3v) is 6.97. The molecule has 34 heavy (non-hydrogen) atoms. The maximum atomic E-state index is 13.2. The van der Waals surface area contributed by atoms with Crippen LogP contribution < -0.4 is 15.4 Å². The van der Waals surface area contributed by atoms with E-state index in [0.29, 0.717) is 47.1 Å². The first-order valence-corrected chi connectivity index (χ1v) is 13.0. The van der Waals surface area contributed by atoms with Gasteiger partial charge in [-0.05, 0) is 60.5 Å². The third kappa shape index (κ3) is 5.82. The number of benzene rings is 3. The monoisotopic (exact) mass is 499 g/mol. The molecule has 1 aromatic heterocycles. The van der Waals surface area contributed by atoms with Gasteiger partial charge in [-0.25, -0.2) is 22.9 Å². The summed E-state index contributed by atoms with van der Waals surface area (Å²) < 4.78 is 43.2. The van der Waals surface area contributed by atoms with Crippen LogP contribution in [0.3, 0.4) is 0 Å². The molecule has 1 heterocycles. The van der Waals surface area contributed by atoms with E-state index in [1.807, 2.05) is 6.07 Å². The van der Waals surface area contributed by atoms with E-state index in [1.54, 1.807) is 47.0 Å². The fourth-order valence-corrected chi connectivity index (χ4v) is 4.72. The minimum atomic E-state index is -3.76. The third-order valence-electron chi connectivity index (χ3n) is 5.10. The number of hydrogen-bond acceptors (Lipinski definition) is 6. The summed E-state index contributed by atoms with van der Waals surface area (Å²) in [6, 6.07) is 19.2. The van der Waals surface area contributed by atoms with Crippen LogP contribution in [-0.4, -0.2) is 30.3 Å². The molecule has 4 rings (SSSR count). The Hall–Kier alpha value is -3.21.